The van der Waals surface area contributed by atoms with E-state index >= 15 is 0 Å². The van der Waals surface area contributed by atoms with Gasteiger partial charge in [0, 0.05) is 27.9 Å². The van der Waals surface area contributed by atoms with E-state index in [1.54, 1.807) is 28.4 Å². The van der Waals surface area contributed by atoms with Gasteiger partial charge in [-0.1, -0.05) is 18.2 Å². The lowest BCUT2D eigenvalue weighted by Gasteiger charge is -2.14. The molecule has 0 radical (unpaired) electrons. The van der Waals surface area contributed by atoms with Crippen molar-refractivity contribution in [2.45, 2.75) is 0 Å². The Morgan fingerprint density at radius 1 is 0.667 bits per heavy atom. The molecule has 8 heteroatoms. The summed E-state index contributed by atoms with van der Waals surface area (Å²) in [6.07, 6.45) is 0. The van der Waals surface area contributed by atoms with E-state index in [1.807, 2.05) is 42.5 Å². The van der Waals surface area contributed by atoms with Gasteiger partial charge in [-0.3, -0.25) is 0 Å². The third-order valence-electron chi connectivity index (χ3n) is 6.37. The van der Waals surface area contributed by atoms with Crippen molar-refractivity contribution >= 4 is 32.8 Å². The van der Waals surface area contributed by atoms with Crippen molar-refractivity contribution in [3.8, 4) is 45.8 Å². The van der Waals surface area contributed by atoms with Crippen LogP contribution in [0.25, 0.3) is 55.6 Å². The molecule has 6 rings (SSSR count). The number of benzene rings is 3. The zero-order valence-electron chi connectivity index (χ0n) is 20.3. The van der Waals surface area contributed by atoms with E-state index in [4.69, 9.17) is 28.9 Å². The van der Waals surface area contributed by atoms with E-state index in [0.29, 0.717) is 28.8 Å². The number of aromatic amines is 2. The van der Waals surface area contributed by atoms with Crippen LogP contribution < -0.4 is 18.9 Å². The van der Waals surface area contributed by atoms with E-state index in [0.717, 1.165) is 49.8 Å². The average Bonchev–Trinajstić information content (AvgIpc) is 3.52. The standard InChI is InChI=1S/C28H24N4O4/c1-33-16-9-10-20-21(13-16)32-28(31-20)22-14-18-17-7-5-6-8-19(17)29-26(18)25(30-22)15-11-23(34-2)27(36-4)24(12-15)35-3/h5-14,29H,1-4H3,(H,31,32). The van der Waals surface area contributed by atoms with Crippen molar-refractivity contribution in [2.24, 2.45) is 0 Å². The number of methoxy groups -OCH3 is 4. The van der Waals surface area contributed by atoms with Gasteiger partial charge >= 0.3 is 0 Å². The first-order chi connectivity index (χ1) is 17.6. The van der Waals surface area contributed by atoms with Crippen LogP contribution in [0.1, 0.15) is 0 Å². The molecule has 0 aliphatic rings. The molecule has 2 N–H and O–H groups in total. The molecule has 0 saturated heterocycles. The molecule has 0 aliphatic heterocycles. The van der Waals surface area contributed by atoms with Crippen LogP contribution in [-0.4, -0.2) is 48.4 Å². The number of rotatable bonds is 6. The quantitative estimate of drug-likeness (QED) is 0.305. The summed E-state index contributed by atoms with van der Waals surface area (Å²) in [7, 11) is 6.44. The van der Waals surface area contributed by atoms with Crippen LogP contribution in [0.4, 0.5) is 0 Å². The molecule has 0 spiro atoms. The predicted octanol–water partition coefficient (Wildman–Crippen LogP) is 5.96. The van der Waals surface area contributed by atoms with Crippen LogP contribution >= 0.6 is 0 Å². The van der Waals surface area contributed by atoms with Gasteiger partial charge in [-0.15, -0.1) is 0 Å². The number of aromatic nitrogens is 4. The first kappa shape index (κ1) is 21.8. The fourth-order valence-electron chi connectivity index (χ4n) is 4.63. The van der Waals surface area contributed by atoms with Crippen LogP contribution in [0.5, 0.6) is 23.0 Å². The smallest absolute Gasteiger partial charge is 0.203 e. The van der Waals surface area contributed by atoms with Crippen LogP contribution in [0.15, 0.2) is 60.7 Å². The molecule has 0 aliphatic carbocycles. The van der Waals surface area contributed by atoms with Gasteiger partial charge in [0.1, 0.15) is 11.4 Å². The molecule has 0 atom stereocenters. The molecule has 0 saturated carbocycles. The highest BCUT2D eigenvalue weighted by molar-refractivity contribution is 6.12. The first-order valence-electron chi connectivity index (χ1n) is 11.4. The van der Waals surface area contributed by atoms with Crippen molar-refractivity contribution in [3.63, 3.8) is 0 Å². The molecule has 0 bridgehead atoms. The minimum atomic E-state index is 0.527. The summed E-state index contributed by atoms with van der Waals surface area (Å²) in [6, 6.07) is 19.8. The van der Waals surface area contributed by atoms with Crippen LogP contribution in [-0.2, 0) is 0 Å². The molecule has 36 heavy (non-hydrogen) atoms. The number of ether oxygens (including phenoxy) is 4. The summed E-state index contributed by atoms with van der Waals surface area (Å²) in [5, 5.41) is 2.14. The second-order valence-electron chi connectivity index (χ2n) is 8.33. The number of imidazole rings is 1. The minimum Gasteiger partial charge on any atom is -0.497 e. The monoisotopic (exact) mass is 480 g/mol. The van der Waals surface area contributed by atoms with Crippen LogP contribution in [0.3, 0.4) is 0 Å². The molecule has 3 aromatic heterocycles. The van der Waals surface area contributed by atoms with Gasteiger partial charge in [-0.2, -0.15) is 0 Å². The molecule has 6 aromatic rings. The van der Waals surface area contributed by atoms with E-state index in [1.165, 1.54) is 0 Å². The van der Waals surface area contributed by atoms with Gasteiger partial charge in [0.05, 0.1) is 50.7 Å². The number of hydrogen-bond acceptors (Lipinski definition) is 6. The molecule has 8 nitrogen and oxygen atoms in total. The topological polar surface area (TPSA) is 94.3 Å². The fraction of sp³-hybridized carbons (Fsp3) is 0.143. The first-order valence-corrected chi connectivity index (χ1v) is 11.4. The van der Waals surface area contributed by atoms with Crippen molar-refractivity contribution in [1.82, 2.24) is 19.9 Å². The Labute approximate surface area is 206 Å². The van der Waals surface area contributed by atoms with Gasteiger partial charge in [0.25, 0.3) is 0 Å². The van der Waals surface area contributed by atoms with Gasteiger partial charge in [-0.25, -0.2) is 9.97 Å². The lowest BCUT2D eigenvalue weighted by molar-refractivity contribution is 0.324. The predicted molar refractivity (Wildman–Crippen MR) is 140 cm³/mol. The van der Waals surface area contributed by atoms with Crippen LogP contribution in [0, 0.1) is 0 Å². The molecule has 3 aromatic carbocycles. The molecule has 0 fully saturated rings. The summed E-state index contributed by atoms with van der Waals surface area (Å²) >= 11 is 0. The van der Waals surface area contributed by atoms with Crippen molar-refractivity contribution < 1.29 is 18.9 Å². The van der Waals surface area contributed by atoms with Crippen LogP contribution in [0.2, 0.25) is 0 Å². The third kappa shape index (κ3) is 3.38. The maximum atomic E-state index is 5.62. The Hall–Kier alpha value is -4.72. The molecule has 3 heterocycles. The molecule has 0 unspecified atom stereocenters. The maximum Gasteiger partial charge on any atom is 0.203 e. The highest BCUT2D eigenvalue weighted by atomic mass is 16.5. The molecular weight excluding hydrogens is 456 g/mol. The fourth-order valence-corrected chi connectivity index (χ4v) is 4.63. The second kappa shape index (κ2) is 8.49. The van der Waals surface area contributed by atoms with E-state index < -0.39 is 0 Å². The van der Waals surface area contributed by atoms with E-state index in [2.05, 4.69) is 28.2 Å². The highest BCUT2D eigenvalue weighted by Gasteiger charge is 2.20. The Kier molecular flexibility index (Phi) is 5.14. The summed E-state index contributed by atoms with van der Waals surface area (Å²) in [5.74, 6) is 3.06. The van der Waals surface area contributed by atoms with Crippen molar-refractivity contribution in [2.75, 3.05) is 28.4 Å². The lowest BCUT2D eigenvalue weighted by atomic mass is 10.0. The largest absolute Gasteiger partial charge is 0.497 e. The van der Waals surface area contributed by atoms with Gasteiger partial charge in [-0.05, 0) is 36.4 Å². The summed E-state index contributed by atoms with van der Waals surface area (Å²) in [6.45, 7) is 0. The second-order valence-corrected chi connectivity index (χ2v) is 8.33. The number of nitrogens with zero attached hydrogens (tertiary/aromatic N) is 2. The zero-order chi connectivity index (χ0) is 24.8. The Morgan fingerprint density at radius 2 is 1.44 bits per heavy atom. The van der Waals surface area contributed by atoms with E-state index in [9.17, 15) is 0 Å². The Balaban J connectivity index is 1.65. The molecule has 180 valence electrons. The highest BCUT2D eigenvalue weighted by Crippen LogP contribution is 2.43. The summed E-state index contributed by atoms with van der Waals surface area (Å²) < 4.78 is 22.1. The third-order valence-corrected chi connectivity index (χ3v) is 6.37. The number of pyridine rings is 1. The Bertz CT molecular complexity index is 1730. The summed E-state index contributed by atoms with van der Waals surface area (Å²) in [5.41, 5.74) is 5.92. The maximum absolute atomic E-state index is 5.62. The average molecular weight is 481 g/mol. The van der Waals surface area contributed by atoms with Gasteiger partial charge in [0.2, 0.25) is 5.75 Å². The Morgan fingerprint density at radius 3 is 2.17 bits per heavy atom. The van der Waals surface area contributed by atoms with Gasteiger partial charge < -0.3 is 28.9 Å². The molecular formula is C28H24N4O4. The van der Waals surface area contributed by atoms with Crippen molar-refractivity contribution in [1.29, 1.82) is 0 Å². The number of hydrogen-bond donors (Lipinski definition) is 2. The van der Waals surface area contributed by atoms with Gasteiger partial charge in [0.15, 0.2) is 17.3 Å². The summed E-state index contributed by atoms with van der Waals surface area (Å²) in [4.78, 5) is 16.8. The normalized spacial score (nSPS) is 11.3. The van der Waals surface area contributed by atoms with E-state index in [-0.39, 0.29) is 0 Å². The zero-order valence-corrected chi connectivity index (χ0v) is 20.3. The SMILES string of the molecule is COc1ccc2nc(-c3cc4c([nH]c5ccccc54)c(-c4cc(OC)c(OC)c(OC)c4)n3)[nH]c2c1. The number of para-hydroxylation sites is 1. The number of nitrogens with one attached hydrogen (secondary N) is 2. The number of fused-ring (bicyclic) bond motifs is 4. The van der Waals surface area contributed by atoms with Crippen molar-refractivity contribution in [3.05, 3.63) is 60.7 Å². The molecule has 0 amide bonds. The minimum absolute atomic E-state index is 0.527. The number of H-pyrrole nitrogens is 2. The lowest BCUT2D eigenvalue weighted by Crippen LogP contribution is -1.97.